The van der Waals surface area contributed by atoms with Gasteiger partial charge in [-0.25, -0.2) is 0 Å². The van der Waals surface area contributed by atoms with E-state index >= 15 is 0 Å². The van der Waals surface area contributed by atoms with E-state index in [1.165, 1.54) is 0 Å². The summed E-state index contributed by atoms with van der Waals surface area (Å²) in [6, 6.07) is 23.4. The third-order valence-electron chi connectivity index (χ3n) is 8.24. The van der Waals surface area contributed by atoms with Gasteiger partial charge in [0, 0.05) is 29.2 Å². The summed E-state index contributed by atoms with van der Waals surface area (Å²) in [6.45, 7) is 0.510. The highest BCUT2D eigenvalue weighted by Crippen LogP contribution is 2.53. The van der Waals surface area contributed by atoms with Crippen LogP contribution in [0.3, 0.4) is 0 Å². The van der Waals surface area contributed by atoms with E-state index in [2.05, 4.69) is 6.07 Å². The highest BCUT2D eigenvalue weighted by atomic mass is 16.5. The lowest BCUT2D eigenvalue weighted by Gasteiger charge is -2.53. The summed E-state index contributed by atoms with van der Waals surface area (Å²) in [7, 11) is 1.67. The summed E-state index contributed by atoms with van der Waals surface area (Å²) in [6.07, 6.45) is 4.36. The molecular weight excluding hydrogens is 438 g/mol. The number of hydrogen-bond acceptors (Lipinski definition) is 4. The Labute approximate surface area is 206 Å². The second-order valence-corrected chi connectivity index (χ2v) is 10.0. The number of rotatable bonds is 3. The Morgan fingerprint density at radius 2 is 1.54 bits per heavy atom. The van der Waals surface area contributed by atoms with Crippen LogP contribution in [0.25, 0.3) is 0 Å². The molecule has 2 aliphatic heterocycles. The van der Waals surface area contributed by atoms with Gasteiger partial charge < -0.3 is 19.5 Å². The number of methoxy groups -OCH3 is 1. The number of benzene rings is 3. The SMILES string of the molecule is COc1ccccc1[C@H]1[C@H]2CCCC[C@]2(O)CCN1C(=O)C1c2ccccc2Oc2ccccc21. The van der Waals surface area contributed by atoms with Gasteiger partial charge in [-0.05, 0) is 37.5 Å². The molecule has 2 fully saturated rings. The van der Waals surface area contributed by atoms with Gasteiger partial charge in [0.15, 0.2) is 0 Å². The topological polar surface area (TPSA) is 59.0 Å². The monoisotopic (exact) mass is 469 g/mol. The summed E-state index contributed by atoms with van der Waals surface area (Å²) in [5.74, 6) is 1.78. The standard InChI is InChI=1S/C30H31NO4/c1-34-24-14-5-4-12-22(24)28-23-13-8-9-17-30(23,33)18-19-31(28)29(32)27-20-10-2-6-15-25(20)35-26-16-7-3-11-21(26)27/h2-7,10-12,14-16,23,27-28,33H,8-9,13,17-19H2,1H3/t23-,28+,30+/m1/s1. The first kappa shape index (κ1) is 22.2. The van der Waals surface area contributed by atoms with Gasteiger partial charge in [-0.15, -0.1) is 0 Å². The van der Waals surface area contributed by atoms with Crippen molar-refractivity contribution in [2.24, 2.45) is 5.92 Å². The van der Waals surface area contributed by atoms with E-state index in [1.54, 1.807) is 7.11 Å². The molecule has 1 saturated carbocycles. The lowest BCUT2D eigenvalue weighted by atomic mass is 9.65. The number of piperidine rings is 1. The van der Waals surface area contributed by atoms with E-state index in [0.29, 0.717) is 13.0 Å². The molecule has 0 spiro atoms. The van der Waals surface area contributed by atoms with Crippen molar-refractivity contribution in [3.8, 4) is 17.2 Å². The first-order valence-corrected chi connectivity index (χ1v) is 12.6. The molecule has 1 amide bonds. The Morgan fingerprint density at radius 1 is 0.914 bits per heavy atom. The Bertz CT molecular complexity index is 1210. The Kier molecular flexibility index (Phi) is 5.53. The molecule has 1 saturated heterocycles. The van der Waals surface area contributed by atoms with Gasteiger partial charge in [0.1, 0.15) is 17.2 Å². The molecule has 0 aromatic heterocycles. The Morgan fingerprint density at radius 3 is 2.23 bits per heavy atom. The normalized spacial score (nSPS) is 25.6. The molecule has 1 N–H and O–H groups in total. The Balaban J connectivity index is 1.48. The fourth-order valence-corrected chi connectivity index (χ4v) is 6.57. The van der Waals surface area contributed by atoms with Crippen LogP contribution >= 0.6 is 0 Å². The first-order chi connectivity index (χ1) is 17.1. The van der Waals surface area contributed by atoms with Crippen molar-refractivity contribution < 1.29 is 19.4 Å². The van der Waals surface area contributed by atoms with Crippen molar-refractivity contribution in [2.75, 3.05) is 13.7 Å². The first-order valence-electron chi connectivity index (χ1n) is 12.6. The van der Waals surface area contributed by atoms with Crippen LogP contribution in [-0.2, 0) is 4.79 Å². The molecule has 2 heterocycles. The van der Waals surface area contributed by atoms with Crippen LogP contribution in [0.1, 0.15) is 60.8 Å². The fraction of sp³-hybridized carbons (Fsp3) is 0.367. The summed E-state index contributed by atoms with van der Waals surface area (Å²) in [5, 5.41) is 11.7. The zero-order chi connectivity index (χ0) is 24.0. The van der Waals surface area contributed by atoms with Gasteiger partial charge in [0.05, 0.1) is 24.7 Å². The maximum atomic E-state index is 14.6. The molecular formula is C30H31NO4. The van der Waals surface area contributed by atoms with Crippen LogP contribution in [0.2, 0.25) is 0 Å². The fourth-order valence-electron chi connectivity index (χ4n) is 6.57. The van der Waals surface area contributed by atoms with Gasteiger partial charge in [-0.2, -0.15) is 0 Å². The third-order valence-corrected chi connectivity index (χ3v) is 8.24. The van der Waals surface area contributed by atoms with Crippen molar-refractivity contribution in [1.82, 2.24) is 4.90 Å². The second-order valence-electron chi connectivity index (χ2n) is 10.0. The second kappa shape index (κ2) is 8.72. The predicted octanol–water partition coefficient (Wildman–Crippen LogP) is 5.83. The quantitative estimate of drug-likeness (QED) is 0.525. The third kappa shape index (κ3) is 3.61. The smallest absolute Gasteiger partial charge is 0.235 e. The van der Waals surface area contributed by atoms with Gasteiger partial charge in [-0.3, -0.25) is 4.79 Å². The highest BCUT2D eigenvalue weighted by molar-refractivity contribution is 5.90. The molecule has 35 heavy (non-hydrogen) atoms. The van der Waals surface area contributed by atoms with Crippen molar-refractivity contribution in [3.05, 3.63) is 89.5 Å². The van der Waals surface area contributed by atoms with Crippen LogP contribution in [0.5, 0.6) is 17.2 Å². The summed E-state index contributed by atoms with van der Waals surface area (Å²) < 4.78 is 11.9. The predicted molar refractivity (Wildman–Crippen MR) is 134 cm³/mol. The number of likely N-dealkylation sites (tertiary alicyclic amines) is 1. The minimum absolute atomic E-state index is 0.0319. The van der Waals surface area contributed by atoms with Gasteiger partial charge in [-0.1, -0.05) is 67.4 Å². The summed E-state index contributed by atoms with van der Waals surface area (Å²) >= 11 is 0. The molecule has 5 heteroatoms. The van der Waals surface area contributed by atoms with E-state index < -0.39 is 11.5 Å². The average Bonchev–Trinajstić information content (AvgIpc) is 2.90. The molecule has 6 rings (SSSR count). The molecule has 0 bridgehead atoms. The number of ether oxygens (including phenoxy) is 2. The Hall–Kier alpha value is -3.31. The van der Waals surface area contributed by atoms with Crippen molar-refractivity contribution >= 4 is 5.91 Å². The molecule has 5 nitrogen and oxygen atoms in total. The number of fused-ring (bicyclic) bond motifs is 3. The number of para-hydroxylation sites is 3. The molecule has 180 valence electrons. The van der Waals surface area contributed by atoms with E-state index in [-0.39, 0.29) is 17.9 Å². The molecule has 3 aromatic carbocycles. The molecule has 3 aliphatic rings. The van der Waals surface area contributed by atoms with Gasteiger partial charge >= 0.3 is 0 Å². The summed E-state index contributed by atoms with van der Waals surface area (Å²) in [5.41, 5.74) is 1.99. The minimum atomic E-state index is -0.758. The number of carbonyl (C=O) groups excluding carboxylic acids is 1. The maximum absolute atomic E-state index is 14.6. The van der Waals surface area contributed by atoms with Crippen molar-refractivity contribution in [2.45, 2.75) is 49.7 Å². The average molecular weight is 470 g/mol. The van der Waals surface area contributed by atoms with E-state index in [9.17, 15) is 9.90 Å². The van der Waals surface area contributed by atoms with Crippen LogP contribution in [-0.4, -0.2) is 35.2 Å². The molecule has 0 radical (unpaired) electrons. The number of aliphatic hydroxyl groups is 1. The number of hydrogen-bond donors (Lipinski definition) is 1. The lowest BCUT2D eigenvalue weighted by Crippen LogP contribution is -2.57. The van der Waals surface area contributed by atoms with E-state index in [4.69, 9.17) is 9.47 Å². The number of amides is 1. The zero-order valence-electron chi connectivity index (χ0n) is 20.0. The lowest BCUT2D eigenvalue weighted by molar-refractivity contribution is -0.156. The van der Waals surface area contributed by atoms with Crippen LogP contribution in [0.4, 0.5) is 0 Å². The van der Waals surface area contributed by atoms with Crippen molar-refractivity contribution in [3.63, 3.8) is 0 Å². The summed E-state index contributed by atoms with van der Waals surface area (Å²) in [4.78, 5) is 16.6. The van der Waals surface area contributed by atoms with Crippen LogP contribution < -0.4 is 9.47 Å². The van der Waals surface area contributed by atoms with E-state index in [1.807, 2.05) is 71.6 Å². The van der Waals surface area contributed by atoms with Gasteiger partial charge in [0.25, 0.3) is 0 Å². The number of carbonyl (C=O) groups is 1. The maximum Gasteiger partial charge on any atom is 0.235 e. The zero-order valence-corrected chi connectivity index (χ0v) is 20.0. The minimum Gasteiger partial charge on any atom is -0.496 e. The molecule has 3 aromatic rings. The van der Waals surface area contributed by atoms with Crippen LogP contribution in [0.15, 0.2) is 72.8 Å². The molecule has 1 aliphatic carbocycles. The van der Waals surface area contributed by atoms with Gasteiger partial charge in [0.2, 0.25) is 5.91 Å². The van der Waals surface area contributed by atoms with Crippen LogP contribution in [0, 0.1) is 5.92 Å². The van der Waals surface area contributed by atoms with Crippen molar-refractivity contribution in [1.29, 1.82) is 0 Å². The largest absolute Gasteiger partial charge is 0.496 e. The van der Waals surface area contributed by atoms with E-state index in [0.717, 1.165) is 59.6 Å². The molecule has 3 atom stereocenters. The highest BCUT2D eigenvalue weighted by Gasteiger charge is 2.52. The molecule has 0 unspecified atom stereocenters. The number of nitrogens with zero attached hydrogens (tertiary/aromatic N) is 1.